The zero-order chi connectivity index (χ0) is 24.7. The molecule has 174 valence electrons. The second-order valence-electron chi connectivity index (χ2n) is 7.39. The number of hydrazone groups is 1. The molecule has 0 bridgehead atoms. The Kier molecular flexibility index (Phi) is 8.29. The van der Waals surface area contributed by atoms with Crippen molar-refractivity contribution in [2.24, 2.45) is 5.10 Å². The highest BCUT2D eigenvalue weighted by Crippen LogP contribution is 2.29. The monoisotopic (exact) mass is 496 g/mol. The predicted octanol–water partition coefficient (Wildman–Crippen LogP) is 4.69. The number of nitrogens with one attached hydrogen (secondary N) is 2. The van der Waals surface area contributed by atoms with Gasteiger partial charge >= 0.3 is 0 Å². The molecule has 34 heavy (non-hydrogen) atoms. The van der Waals surface area contributed by atoms with E-state index in [1.165, 1.54) is 18.3 Å². The number of phenols is 1. The fourth-order valence-electron chi connectivity index (χ4n) is 2.88. The van der Waals surface area contributed by atoms with Crippen LogP contribution in [0.4, 0.5) is 5.69 Å². The van der Waals surface area contributed by atoms with Crippen molar-refractivity contribution in [1.82, 2.24) is 10.7 Å². The lowest BCUT2D eigenvalue weighted by atomic mass is 10.1. The van der Waals surface area contributed by atoms with Gasteiger partial charge in [-0.3, -0.25) is 9.59 Å². The molecule has 3 aromatic rings. The standard InChI is InChI=1S/C25H22Cl2N4O3/c1-31(2)20-10-8-16(9-11-20)12-22(29-24(33)17-6-4-3-5-7-17)25(34)30-28-15-18-13-19(26)14-21(27)23(18)32/h3-15,32H,1-2H3,(H,29,33)(H,30,34)/b22-12-,28-15+. The quantitative estimate of drug-likeness (QED) is 0.251. The molecule has 3 N–H and O–H groups in total. The van der Waals surface area contributed by atoms with E-state index in [4.69, 9.17) is 23.2 Å². The summed E-state index contributed by atoms with van der Waals surface area (Å²) < 4.78 is 0. The predicted molar refractivity (Wildman–Crippen MR) is 137 cm³/mol. The number of phenolic OH excluding ortho intramolecular Hbond substituents is 1. The fourth-order valence-corrected chi connectivity index (χ4v) is 3.39. The number of anilines is 1. The lowest BCUT2D eigenvalue weighted by Gasteiger charge is -2.12. The molecule has 0 atom stereocenters. The topological polar surface area (TPSA) is 94.0 Å². The highest BCUT2D eigenvalue weighted by atomic mass is 35.5. The first kappa shape index (κ1) is 24.8. The first-order valence-corrected chi connectivity index (χ1v) is 10.9. The maximum absolute atomic E-state index is 12.9. The molecule has 2 amide bonds. The van der Waals surface area contributed by atoms with Crippen LogP contribution in [0.3, 0.4) is 0 Å². The minimum atomic E-state index is -0.662. The summed E-state index contributed by atoms with van der Waals surface area (Å²) in [6.45, 7) is 0. The maximum atomic E-state index is 12.9. The van der Waals surface area contributed by atoms with Crippen LogP contribution in [0.25, 0.3) is 6.08 Å². The SMILES string of the molecule is CN(C)c1ccc(/C=C(\NC(=O)c2ccccc2)C(=O)N/N=C/c2cc(Cl)cc(Cl)c2O)cc1. The number of carbonyl (C=O) groups is 2. The number of halogens is 2. The van der Waals surface area contributed by atoms with Crippen LogP contribution in [0.15, 0.2) is 77.5 Å². The zero-order valence-electron chi connectivity index (χ0n) is 18.4. The number of benzene rings is 3. The van der Waals surface area contributed by atoms with Crippen LogP contribution < -0.4 is 15.6 Å². The van der Waals surface area contributed by atoms with Crippen molar-refractivity contribution in [3.05, 3.63) is 99.2 Å². The van der Waals surface area contributed by atoms with Gasteiger partial charge in [-0.25, -0.2) is 5.43 Å². The Balaban J connectivity index is 1.84. The number of hydrogen-bond donors (Lipinski definition) is 3. The number of aromatic hydroxyl groups is 1. The van der Waals surface area contributed by atoms with E-state index in [0.29, 0.717) is 16.1 Å². The van der Waals surface area contributed by atoms with Crippen LogP contribution in [0, 0.1) is 0 Å². The molecule has 7 nitrogen and oxygen atoms in total. The van der Waals surface area contributed by atoms with Gasteiger partial charge in [0.05, 0.1) is 11.2 Å². The summed E-state index contributed by atoms with van der Waals surface area (Å²) in [6, 6.07) is 18.8. The normalized spacial score (nSPS) is 11.4. The van der Waals surface area contributed by atoms with E-state index in [1.807, 2.05) is 43.3 Å². The third-order valence-electron chi connectivity index (χ3n) is 4.68. The molecule has 0 radical (unpaired) electrons. The molecule has 3 rings (SSSR count). The second kappa shape index (κ2) is 11.4. The molecule has 0 aliphatic carbocycles. The van der Waals surface area contributed by atoms with Gasteiger partial charge in [0.1, 0.15) is 11.4 Å². The Morgan fingerprint density at radius 1 is 1.00 bits per heavy atom. The number of nitrogens with zero attached hydrogens (tertiary/aromatic N) is 2. The van der Waals surface area contributed by atoms with E-state index >= 15 is 0 Å². The summed E-state index contributed by atoms with van der Waals surface area (Å²) in [5, 5.41) is 16.9. The average Bonchev–Trinajstić information content (AvgIpc) is 2.82. The Hall–Kier alpha value is -3.81. The Labute approximate surface area is 207 Å². The molecule has 9 heteroatoms. The number of hydrogen-bond acceptors (Lipinski definition) is 5. The maximum Gasteiger partial charge on any atom is 0.287 e. The molecule has 0 aliphatic heterocycles. The molecular formula is C25H22Cl2N4O3. The molecule has 0 aromatic heterocycles. The van der Waals surface area contributed by atoms with Crippen molar-refractivity contribution in [2.75, 3.05) is 19.0 Å². The van der Waals surface area contributed by atoms with Crippen molar-refractivity contribution in [3.63, 3.8) is 0 Å². The number of carbonyl (C=O) groups excluding carboxylic acids is 2. The van der Waals surface area contributed by atoms with Crippen molar-refractivity contribution in [1.29, 1.82) is 0 Å². The molecule has 0 spiro atoms. The summed E-state index contributed by atoms with van der Waals surface area (Å²) in [5.74, 6) is -1.34. The first-order valence-electron chi connectivity index (χ1n) is 10.1. The molecule has 0 fully saturated rings. The van der Waals surface area contributed by atoms with Gasteiger partial charge in [0.15, 0.2) is 0 Å². The Morgan fingerprint density at radius 2 is 1.68 bits per heavy atom. The molecule has 0 saturated carbocycles. The summed E-state index contributed by atoms with van der Waals surface area (Å²) in [6.07, 6.45) is 2.74. The van der Waals surface area contributed by atoms with Gasteiger partial charge in [0.25, 0.3) is 11.8 Å². The zero-order valence-corrected chi connectivity index (χ0v) is 19.9. The lowest BCUT2D eigenvalue weighted by molar-refractivity contribution is -0.117. The largest absolute Gasteiger partial charge is 0.506 e. The number of amides is 2. The van der Waals surface area contributed by atoms with Gasteiger partial charge in [-0.15, -0.1) is 0 Å². The van der Waals surface area contributed by atoms with Crippen LogP contribution >= 0.6 is 23.2 Å². The van der Waals surface area contributed by atoms with Gasteiger partial charge < -0.3 is 15.3 Å². The molecule has 0 aliphatic rings. The third kappa shape index (κ3) is 6.60. The van der Waals surface area contributed by atoms with Crippen LogP contribution in [0.1, 0.15) is 21.5 Å². The summed E-state index contributed by atoms with van der Waals surface area (Å²) in [4.78, 5) is 27.5. The van der Waals surface area contributed by atoms with Gasteiger partial charge in [0, 0.05) is 35.9 Å². The highest BCUT2D eigenvalue weighted by Gasteiger charge is 2.14. The lowest BCUT2D eigenvalue weighted by Crippen LogP contribution is -2.32. The van der Waals surface area contributed by atoms with Crippen molar-refractivity contribution < 1.29 is 14.7 Å². The molecular weight excluding hydrogens is 475 g/mol. The van der Waals surface area contributed by atoms with Gasteiger partial charge in [-0.05, 0) is 48.0 Å². The fraction of sp³-hybridized carbons (Fsp3) is 0.0800. The van der Waals surface area contributed by atoms with Crippen LogP contribution in [-0.4, -0.2) is 37.2 Å². The first-order chi connectivity index (χ1) is 16.2. The van der Waals surface area contributed by atoms with Crippen LogP contribution in [0.2, 0.25) is 10.0 Å². The molecule has 0 unspecified atom stereocenters. The van der Waals surface area contributed by atoms with E-state index in [0.717, 1.165) is 5.69 Å². The van der Waals surface area contributed by atoms with E-state index in [9.17, 15) is 14.7 Å². The minimum absolute atomic E-state index is 0.0167. The van der Waals surface area contributed by atoms with E-state index in [1.54, 1.807) is 36.4 Å². The minimum Gasteiger partial charge on any atom is -0.506 e. The van der Waals surface area contributed by atoms with Gasteiger partial charge in [-0.1, -0.05) is 53.5 Å². The van der Waals surface area contributed by atoms with Crippen molar-refractivity contribution in [2.45, 2.75) is 0 Å². The van der Waals surface area contributed by atoms with Gasteiger partial charge in [0.2, 0.25) is 0 Å². The highest BCUT2D eigenvalue weighted by molar-refractivity contribution is 6.36. The summed E-state index contributed by atoms with van der Waals surface area (Å²) >= 11 is 11.9. The summed E-state index contributed by atoms with van der Waals surface area (Å²) in [5.41, 5.74) is 4.63. The number of rotatable bonds is 7. The molecule has 0 heterocycles. The third-order valence-corrected chi connectivity index (χ3v) is 5.18. The van der Waals surface area contributed by atoms with Crippen molar-refractivity contribution in [3.8, 4) is 5.75 Å². The van der Waals surface area contributed by atoms with E-state index in [2.05, 4.69) is 15.8 Å². The van der Waals surface area contributed by atoms with Crippen LogP contribution in [-0.2, 0) is 4.79 Å². The van der Waals surface area contributed by atoms with Gasteiger partial charge in [-0.2, -0.15) is 5.10 Å². The molecule has 3 aromatic carbocycles. The molecule has 0 saturated heterocycles. The Bertz CT molecular complexity index is 1240. The summed E-state index contributed by atoms with van der Waals surface area (Å²) in [7, 11) is 3.85. The second-order valence-corrected chi connectivity index (χ2v) is 8.23. The average molecular weight is 497 g/mol. The van der Waals surface area contributed by atoms with Crippen LogP contribution in [0.5, 0.6) is 5.75 Å². The smallest absolute Gasteiger partial charge is 0.287 e. The van der Waals surface area contributed by atoms with Crippen molar-refractivity contribution >= 4 is 53.0 Å². The Morgan fingerprint density at radius 3 is 2.32 bits per heavy atom. The van der Waals surface area contributed by atoms with E-state index < -0.39 is 11.8 Å². The van der Waals surface area contributed by atoms with E-state index in [-0.39, 0.29) is 22.0 Å².